The molecule has 10 nitrogen and oxygen atoms in total. The van der Waals surface area contributed by atoms with Crippen molar-refractivity contribution in [1.29, 1.82) is 0 Å². The van der Waals surface area contributed by atoms with Crippen molar-refractivity contribution in [2.75, 3.05) is 6.61 Å². The lowest BCUT2D eigenvalue weighted by atomic mass is 9.45. The molecule has 5 aliphatic rings. The van der Waals surface area contributed by atoms with E-state index in [4.69, 9.17) is 13.8 Å². The number of nitrogens with one attached hydrogen (secondary N) is 1. The van der Waals surface area contributed by atoms with Crippen LogP contribution in [0.25, 0.3) is 0 Å². The highest BCUT2D eigenvalue weighted by atomic mass is 31.1. The van der Waals surface area contributed by atoms with E-state index in [1.165, 1.54) is 17.2 Å². The van der Waals surface area contributed by atoms with Gasteiger partial charge >= 0.3 is 13.9 Å². The molecule has 1 saturated heterocycles. The quantitative estimate of drug-likeness (QED) is 0.481. The van der Waals surface area contributed by atoms with Crippen LogP contribution < -0.4 is 11.2 Å². The number of rotatable bonds is 6. The molecule has 2 heterocycles. The number of ether oxygens (including phenoxy) is 1. The van der Waals surface area contributed by atoms with Gasteiger partial charge in [0.25, 0.3) is 5.56 Å². The SMILES string of the molecule is Cc1cn(C2CC(O)C(CO[P+](=O)O[C@H]3CC[C@H]4C5CC[C@H]6CC(=O)CC[C@]6(C)C5CC[C@]34C)O2)c(=O)[nH]c1=O. The zero-order valence-corrected chi connectivity index (χ0v) is 24.6. The number of nitrogens with zero attached hydrogens (tertiary/aromatic N) is 1. The Balaban J connectivity index is 1.05. The second-order valence-electron chi connectivity index (χ2n) is 13.5. The van der Waals surface area contributed by atoms with Crippen molar-refractivity contribution in [3.8, 4) is 0 Å². The molecule has 1 aliphatic heterocycles. The fourth-order valence-electron chi connectivity index (χ4n) is 9.27. The maximum Gasteiger partial charge on any atom is 0.697 e. The first-order valence-corrected chi connectivity index (χ1v) is 16.0. The number of aliphatic hydroxyl groups is 1. The van der Waals surface area contributed by atoms with Gasteiger partial charge < -0.3 is 9.84 Å². The molecule has 2 N–H and O–H groups in total. The number of hydrogen-bond donors (Lipinski definition) is 2. The number of ketones is 1. The summed E-state index contributed by atoms with van der Waals surface area (Å²) in [5.41, 5.74) is -0.507. The van der Waals surface area contributed by atoms with Crippen LogP contribution in [0.1, 0.15) is 89.8 Å². The van der Waals surface area contributed by atoms with Crippen molar-refractivity contribution in [3.05, 3.63) is 32.6 Å². The van der Waals surface area contributed by atoms with Crippen LogP contribution >= 0.6 is 8.25 Å². The van der Waals surface area contributed by atoms with Crippen molar-refractivity contribution in [1.82, 2.24) is 9.55 Å². The number of H-pyrrole nitrogens is 1. The number of carbonyl (C=O) groups excluding carboxylic acids is 1. The number of fused-ring (bicyclic) bond motifs is 5. The third-order valence-corrected chi connectivity index (χ3v) is 12.4. The summed E-state index contributed by atoms with van der Waals surface area (Å²) in [5.74, 6) is 2.75. The minimum Gasteiger partial charge on any atom is -0.390 e. The van der Waals surface area contributed by atoms with Gasteiger partial charge in [-0.2, -0.15) is 0 Å². The Labute approximate surface area is 235 Å². The maximum atomic E-state index is 13.0. The minimum atomic E-state index is -2.42. The number of aromatic amines is 1. The minimum absolute atomic E-state index is 0.0546. The lowest BCUT2D eigenvalue weighted by Gasteiger charge is -2.59. The summed E-state index contributed by atoms with van der Waals surface area (Å²) in [7, 11) is -2.42. The molecule has 0 radical (unpaired) electrons. The van der Waals surface area contributed by atoms with Crippen molar-refractivity contribution in [2.24, 2.45) is 34.5 Å². The van der Waals surface area contributed by atoms with E-state index in [-0.39, 0.29) is 30.0 Å². The summed E-state index contributed by atoms with van der Waals surface area (Å²) in [5, 5.41) is 10.5. The van der Waals surface area contributed by atoms with Crippen molar-refractivity contribution in [3.63, 3.8) is 0 Å². The predicted molar refractivity (Wildman–Crippen MR) is 146 cm³/mol. The summed E-state index contributed by atoms with van der Waals surface area (Å²) < 4.78 is 31.7. The van der Waals surface area contributed by atoms with E-state index in [1.807, 2.05) is 0 Å². The van der Waals surface area contributed by atoms with Crippen molar-refractivity contribution < 1.29 is 28.3 Å². The summed E-state index contributed by atoms with van der Waals surface area (Å²) in [6, 6.07) is 0. The van der Waals surface area contributed by atoms with Gasteiger partial charge in [-0.1, -0.05) is 13.8 Å². The normalized spacial score (nSPS) is 43.2. The lowest BCUT2D eigenvalue weighted by molar-refractivity contribution is -0.141. The van der Waals surface area contributed by atoms with Crippen LogP contribution in [0.4, 0.5) is 0 Å². The van der Waals surface area contributed by atoms with Gasteiger partial charge in [0.2, 0.25) is 0 Å². The zero-order chi connectivity index (χ0) is 28.4. The smallest absolute Gasteiger partial charge is 0.390 e. The Morgan fingerprint density at radius 3 is 2.67 bits per heavy atom. The van der Waals surface area contributed by atoms with Gasteiger partial charge in [-0.3, -0.25) is 19.1 Å². The Morgan fingerprint density at radius 1 is 1.10 bits per heavy atom. The third-order valence-electron chi connectivity index (χ3n) is 11.6. The highest BCUT2D eigenvalue weighted by Gasteiger charge is 2.62. The Hall–Kier alpha value is -1.71. The topological polar surface area (TPSA) is 137 Å². The predicted octanol–water partition coefficient (Wildman–Crippen LogP) is 4.16. The molecule has 4 saturated carbocycles. The van der Waals surface area contributed by atoms with Gasteiger partial charge in [0.05, 0.1) is 6.10 Å². The molecule has 0 spiro atoms. The second-order valence-corrected chi connectivity index (χ2v) is 14.5. The van der Waals surface area contributed by atoms with Crippen LogP contribution in [0.3, 0.4) is 0 Å². The average molecular weight is 578 g/mol. The largest absolute Gasteiger partial charge is 0.697 e. The van der Waals surface area contributed by atoms with Gasteiger partial charge in [-0.25, -0.2) is 4.79 Å². The molecule has 11 heteroatoms. The van der Waals surface area contributed by atoms with Gasteiger partial charge in [-0.05, 0) is 81.0 Å². The van der Waals surface area contributed by atoms with Crippen LogP contribution in [-0.4, -0.2) is 45.4 Å². The van der Waals surface area contributed by atoms with E-state index in [0.717, 1.165) is 51.4 Å². The second kappa shape index (κ2) is 10.5. The van der Waals surface area contributed by atoms with Gasteiger partial charge in [0.1, 0.15) is 30.8 Å². The van der Waals surface area contributed by atoms with E-state index in [9.17, 15) is 24.1 Å². The molecule has 40 heavy (non-hydrogen) atoms. The van der Waals surface area contributed by atoms with Crippen LogP contribution in [0.2, 0.25) is 0 Å². The molecule has 0 bridgehead atoms. The van der Waals surface area contributed by atoms with Gasteiger partial charge in [0, 0.05) is 41.0 Å². The number of hydrogen-bond acceptors (Lipinski definition) is 8. The van der Waals surface area contributed by atoms with E-state index in [2.05, 4.69) is 18.8 Å². The number of aliphatic hydroxyl groups excluding tert-OH is 1. The molecule has 11 atom stereocenters. The van der Waals surface area contributed by atoms with Crippen LogP contribution in [0.15, 0.2) is 15.8 Å². The van der Waals surface area contributed by atoms with Crippen LogP contribution in [0.5, 0.6) is 0 Å². The molecular formula is C29H42N2O8P+. The molecule has 6 unspecified atom stereocenters. The fourth-order valence-corrected chi connectivity index (χ4v) is 10.2. The lowest BCUT2D eigenvalue weighted by Crippen LogP contribution is -2.54. The number of carbonyl (C=O) groups is 1. The Morgan fingerprint density at radius 2 is 1.88 bits per heavy atom. The molecule has 6 rings (SSSR count). The molecule has 0 aromatic carbocycles. The number of Topliss-reactive ketones (excluding diaryl/α,β-unsaturated/α-hetero) is 1. The summed E-state index contributed by atoms with van der Waals surface area (Å²) in [6.45, 7) is 6.20. The molecule has 1 aromatic heterocycles. The van der Waals surface area contributed by atoms with Crippen LogP contribution in [0, 0.1) is 41.4 Å². The standard InChI is InChI=1S/C29H41N2O8P/c1-16-14-31(27(35)30-26(16)34)25-13-22(33)23(38-25)15-37-40(36)39-24-7-6-20-19-5-4-17-12-18(32)8-10-28(17,2)21(19)9-11-29(20,24)3/h14,17,19-25,33H,4-13,15H2,1-3H3/p+1/t17-,19?,20-,21?,22?,23?,24-,25?,28-,29-/m0/s1. The summed E-state index contributed by atoms with van der Waals surface area (Å²) >= 11 is 0. The molecule has 4 aliphatic carbocycles. The molecule has 5 fully saturated rings. The number of aryl methyl sites for hydroxylation is 1. The molecule has 0 amide bonds. The third kappa shape index (κ3) is 4.77. The Kier molecular flexibility index (Phi) is 7.48. The monoisotopic (exact) mass is 577 g/mol. The highest BCUT2D eigenvalue weighted by Crippen LogP contribution is 2.66. The summed E-state index contributed by atoms with van der Waals surface area (Å²) in [4.78, 5) is 38.3. The molecule has 220 valence electrons. The van der Waals surface area contributed by atoms with Crippen molar-refractivity contribution >= 4 is 14.0 Å². The van der Waals surface area contributed by atoms with Gasteiger partial charge in [-0.15, -0.1) is 9.05 Å². The maximum absolute atomic E-state index is 13.0. The van der Waals surface area contributed by atoms with E-state index in [0.29, 0.717) is 35.0 Å². The molecular weight excluding hydrogens is 535 g/mol. The van der Waals surface area contributed by atoms with Crippen LogP contribution in [-0.2, 0) is 23.1 Å². The van der Waals surface area contributed by atoms with E-state index >= 15 is 0 Å². The van der Waals surface area contributed by atoms with Gasteiger partial charge in [0.15, 0.2) is 0 Å². The summed E-state index contributed by atoms with van der Waals surface area (Å²) in [6.07, 6.45) is 7.85. The van der Waals surface area contributed by atoms with Crippen molar-refractivity contribution in [2.45, 2.75) is 110 Å². The first-order chi connectivity index (χ1) is 19.0. The van der Waals surface area contributed by atoms with E-state index < -0.39 is 37.9 Å². The first kappa shape index (κ1) is 28.4. The number of aromatic nitrogens is 2. The fraction of sp³-hybridized carbons (Fsp3) is 0.828. The average Bonchev–Trinajstić information content (AvgIpc) is 3.44. The van der Waals surface area contributed by atoms with E-state index in [1.54, 1.807) is 6.92 Å². The Bertz CT molecular complexity index is 1300. The molecule has 1 aromatic rings. The zero-order valence-electron chi connectivity index (χ0n) is 23.7. The highest BCUT2D eigenvalue weighted by molar-refractivity contribution is 7.33. The first-order valence-electron chi connectivity index (χ1n) is 14.9.